The highest BCUT2D eigenvalue weighted by atomic mass is 79.9. The number of amides is 2. The molecule has 0 aliphatic heterocycles. The number of carbonyl (C=O) groups excluding carboxylic acids is 2. The van der Waals surface area contributed by atoms with Crippen LogP contribution in [0.4, 0.5) is 9.59 Å². The van der Waals surface area contributed by atoms with Crippen molar-refractivity contribution < 1.29 is 29.1 Å². The minimum absolute atomic E-state index is 0.214. The normalized spacial score (nSPS) is 11.3. The summed E-state index contributed by atoms with van der Waals surface area (Å²) >= 11 is 9.32. The van der Waals surface area contributed by atoms with Crippen LogP contribution in [0.25, 0.3) is 21.9 Å². The first-order valence-corrected chi connectivity index (χ1v) is 21.3. The maximum absolute atomic E-state index is 11.9. The number of aromatic nitrogens is 6. The number of alkyl carbamates (subject to hydrolysis) is 2. The van der Waals surface area contributed by atoms with Crippen molar-refractivity contribution in [2.45, 2.75) is 75.9 Å². The molecule has 0 saturated heterocycles. The SMILES string of the molecule is CC(C)(C)OC(=O)NCc1ccsc1B(O)O.CSc1nc(-c2sccc2CNC(=O)OC(C)(C)C)cn2ccnc12.CSc1nc(Br)cn2ccnc12. The standard InChI is InChI=1S/C17H20N4O2S2.C10H16BNO4S.C7H6BrN3S/c1-17(2,3)23-16(22)19-9-11-5-8-25-13(11)12-10-21-7-6-18-14(21)15(20-12)24-4;1-10(2,3)16-9(13)12-6-7-4-5-17-8(7)11(14)15;1-12-7-6-9-2-3-11(6)4-5(8)10-7/h5-8,10H,9H2,1-4H3,(H,19,22);4-5,14-15H,6H2,1-3H3,(H,12,13);2-4H,1H3. The summed E-state index contributed by atoms with van der Waals surface area (Å²) in [6.07, 6.45) is 14.2. The molecule has 0 aromatic carbocycles. The molecular weight excluding hydrogens is 835 g/mol. The zero-order chi connectivity index (χ0) is 39.6. The van der Waals surface area contributed by atoms with Crippen molar-refractivity contribution >= 4 is 97.5 Å². The molecule has 14 nitrogen and oxygen atoms in total. The van der Waals surface area contributed by atoms with E-state index in [1.807, 2.05) is 78.3 Å². The van der Waals surface area contributed by atoms with Crippen molar-refractivity contribution in [3.8, 4) is 10.6 Å². The monoisotopic (exact) mass is 876 g/mol. The minimum atomic E-state index is -1.51. The Bertz CT molecular complexity index is 2160. The van der Waals surface area contributed by atoms with Gasteiger partial charge in [-0.05, 0) is 104 Å². The molecule has 0 atom stereocenters. The van der Waals surface area contributed by atoms with Crippen LogP contribution in [0.3, 0.4) is 0 Å². The molecule has 288 valence electrons. The average Bonchev–Trinajstić information content (AvgIpc) is 3.91. The van der Waals surface area contributed by atoms with E-state index in [9.17, 15) is 9.59 Å². The predicted molar refractivity (Wildman–Crippen MR) is 221 cm³/mol. The summed E-state index contributed by atoms with van der Waals surface area (Å²) in [5.74, 6) is 0. The smallest absolute Gasteiger partial charge is 0.444 e. The van der Waals surface area contributed by atoms with E-state index in [2.05, 4.69) is 41.5 Å². The van der Waals surface area contributed by atoms with E-state index in [0.717, 1.165) is 42.1 Å². The third kappa shape index (κ3) is 12.7. The second-order valence-corrected chi connectivity index (χ2v) is 17.5. The van der Waals surface area contributed by atoms with Crippen LogP contribution >= 0.6 is 62.1 Å². The van der Waals surface area contributed by atoms with E-state index >= 15 is 0 Å². The Morgan fingerprint density at radius 2 is 1.31 bits per heavy atom. The van der Waals surface area contributed by atoms with Gasteiger partial charge < -0.3 is 39.0 Å². The van der Waals surface area contributed by atoms with E-state index in [0.29, 0.717) is 16.9 Å². The Kier molecular flexibility index (Phi) is 15.4. The van der Waals surface area contributed by atoms with E-state index in [1.54, 1.807) is 79.5 Å². The van der Waals surface area contributed by atoms with Gasteiger partial charge in [0.25, 0.3) is 0 Å². The number of thioether (sulfide) groups is 2. The number of thiophene rings is 2. The van der Waals surface area contributed by atoms with Crippen LogP contribution in [0, 0.1) is 0 Å². The molecule has 0 aliphatic rings. The molecule has 20 heteroatoms. The number of halogens is 1. The minimum Gasteiger partial charge on any atom is -0.444 e. The van der Waals surface area contributed by atoms with Crippen molar-refractivity contribution in [1.29, 1.82) is 0 Å². The molecule has 0 unspecified atom stereocenters. The summed E-state index contributed by atoms with van der Waals surface area (Å²) in [4.78, 5) is 41.8. The van der Waals surface area contributed by atoms with Gasteiger partial charge in [0.05, 0.1) is 10.6 Å². The van der Waals surface area contributed by atoms with Gasteiger partial charge in [-0.3, -0.25) is 0 Å². The van der Waals surface area contributed by atoms with E-state index in [1.165, 1.54) is 11.3 Å². The predicted octanol–water partition coefficient (Wildman–Crippen LogP) is 6.87. The molecule has 2 amide bonds. The van der Waals surface area contributed by atoms with Crippen LogP contribution in [0.15, 0.2) is 74.7 Å². The maximum Gasteiger partial charge on any atom is 0.499 e. The quantitative estimate of drug-likeness (QED) is 0.0924. The number of carbonyl (C=O) groups is 2. The molecule has 6 aromatic heterocycles. The van der Waals surface area contributed by atoms with E-state index in [-0.39, 0.29) is 6.54 Å². The highest BCUT2D eigenvalue weighted by molar-refractivity contribution is 9.10. The Morgan fingerprint density at radius 3 is 1.85 bits per heavy atom. The third-order valence-corrected chi connectivity index (χ3v) is 10.4. The highest BCUT2D eigenvalue weighted by Crippen LogP contribution is 2.31. The lowest BCUT2D eigenvalue weighted by molar-refractivity contribution is 0.0512. The van der Waals surface area contributed by atoms with Gasteiger partial charge in [-0.15, -0.1) is 34.9 Å². The Labute approximate surface area is 338 Å². The van der Waals surface area contributed by atoms with Gasteiger partial charge in [0.2, 0.25) is 0 Å². The zero-order valence-corrected chi connectivity index (χ0v) is 35.8. The zero-order valence-electron chi connectivity index (χ0n) is 31.0. The third-order valence-electron chi connectivity index (χ3n) is 6.68. The second-order valence-electron chi connectivity index (χ2n) is 13.2. The highest BCUT2D eigenvalue weighted by Gasteiger charge is 2.20. The Balaban J connectivity index is 0.000000194. The van der Waals surface area contributed by atoms with Gasteiger partial charge in [0.15, 0.2) is 11.3 Å². The number of nitrogens with zero attached hydrogens (tertiary/aromatic N) is 6. The molecule has 6 rings (SSSR count). The lowest BCUT2D eigenvalue weighted by atomic mass is 9.86. The summed E-state index contributed by atoms with van der Waals surface area (Å²) in [6, 6.07) is 3.73. The van der Waals surface area contributed by atoms with E-state index < -0.39 is 30.5 Å². The summed E-state index contributed by atoms with van der Waals surface area (Å²) in [7, 11) is -1.51. The molecule has 54 heavy (non-hydrogen) atoms. The first-order valence-electron chi connectivity index (χ1n) is 16.3. The first kappa shape index (κ1) is 43.1. The van der Waals surface area contributed by atoms with Crippen LogP contribution < -0.4 is 15.4 Å². The summed E-state index contributed by atoms with van der Waals surface area (Å²) < 4.78 is 15.5. The number of ether oxygens (including phenoxy) is 2. The van der Waals surface area contributed by atoms with Crippen molar-refractivity contribution in [2.24, 2.45) is 0 Å². The molecule has 0 radical (unpaired) electrons. The summed E-state index contributed by atoms with van der Waals surface area (Å²) in [6.45, 7) is 11.5. The summed E-state index contributed by atoms with van der Waals surface area (Å²) in [5.41, 5.74) is 3.25. The van der Waals surface area contributed by atoms with Crippen molar-refractivity contribution in [3.05, 3.63) is 75.8 Å². The summed E-state index contributed by atoms with van der Waals surface area (Å²) in [5, 5.41) is 29.1. The molecule has 0 spiro atoms. The van der Waals surface area contributed by atoms with Gasteiger partial charge in [0, 0.05) is 55.0 Å². The van der Waals surface area contributed by atoms with Gasteiger partial charge in [0.1, 0.15) is 25.9 Å². The molecular formula is C34H42BBrN8O6S4. The van der Waals surface area contributed by atoms with E-state index in [4.69, 9.17) is 24.5 Å². The molecule has 4 N–H and O–H groups in total. The number of rotatable bonds is 8. The molecule has 6 heterocycles. The van der Waals surface area contributed by atoms with Crippen molar-refractivity contribution in [1.82, 2.24) is 39.4 Å². The van der Waals surface area contributed by atoms with Crippen LogP contribution in [0.1, 0.15) is 52.7 Å². The fourth-order valence-corrected chi connectivity index (χ4v) is 7.79. The fourth-order valence-electron chi connectivity index (χ4n) is 4.54. The van der Waals surface area contributed by atoms with Crippen LogP contribution in [0.5, 0.6) is 0 Å². The topological polar surface area (TPSA) is 178 Å². The Hall–Kier alpha value is -3.66. The number of hydrogen-bond acceptors (Lipinski definition) is 14. The van der Waals surface area contributed by atoms with Gasteiger partial charge >= 0.3 is 19.3 Å². The number of hydrogen-bond donors (Lipinski definition) is 4. The largest absolute Gasteiger partial charge is 0.499 e. The molecule has 6 aromatic rings. The maximum atomic E-state index is 11.9. The van der Waals surface area contributed by atoms with Crippen LogP contribution in [0.2, 0.25) is 0 Å². The molecule has 0 fully saturated rings. The molecule has 0 saturated carbocycles. The number of imidazole rings is 2. The molecule has 0 aliphatic carbocycles. The molecule has 0 bridgehead atoms. The average molecular weight is 878 g/mol. The number of fused-ring (bicyclic) bond motifs is 2. The Morgan fingerprint density at radius 1 is 0.815 bits per heavy atom. The van der Waals surface area contributed by atoms with Gasteiger partial charge in [-0.25, -0.2) is 29.5 Å². The van der Waals surface area contributed by atoms with Gasteiger partial charge in [-0.1, -0.05) is 0 Å². The van der Waals surface area contributed by atoms with Crippen LogP contribution in [-0.4, -0.2) is 81.8 Å². The van der Waals surface area contributed by atoms with Gasteiger partial charge in [-0.2, -0.15) is 11.3 Å². The van der Waals surface area contributed by atoms with Crippen molar-refractivity contribution in [3.63, 3.8) is 0 Å². The first-order chi connectivity index (χ1) is 25.5. The van der Waals surface area contributed by atoms with Crippen molar-refractivity contribution in [2.75, 3.05) is 12.5 Å². The fraction of sp³-hybridized carbons (Fsp3) is 0.353. The number of nitrogens with one attached hydrogen (secondary N) is 2. The second kappa shape index (κ2) is 19.3. The lowest BCUT2D eigenvalue weighted by Gasteiger charge is -2.19. The lowest BCUT2D eigenvalue weighted by Crippen LogP contribution is -2.35. The van der Waals surface area contributed by atoms with Crippen LogP contribution in [-0.2, 0) is 22.6 Å².